The van der Waals surface area contributed by atoms with Crippen molar-refractivity contribution in [3.05, 3.63) is 96.2 Å². The summed E-state index contributed by atoms with van der Waals surface area (Å²) in [5.74, 6) is 1.36. The summed E-state index contributed by atoms with van der Waals surface area (Å²) in [6, 6.07) is 18.1. The molecule has 0 fully saturated rings. The topological polar surface area (TPSA) is 66.0 Å². The third-order valence-electron chi connectivity index (χ3n) is 4.19. The van der Waals surface area contributed by atoms with Crippen molar-refractivity contribution in [3.63, 3.8) is 0 Å². The van der Waals surface area contributed by atoms with Crippen molar-refractivity contribution in [2.45, 2.75) is 19.6 Å². The van der Waals surface area contributed by atoms with Crippen LogP contribution in [-0.4, -0.2) is 19.7 Å². The lowest BCUT2D eigenvalue weighted by molar-refractivity contribution is 0.301. The van der Waals surface area contributed by atoms with Crippen molar-refractivity contribution in [3.8, 4) is 5.75 Å². The molecule has 6 nitrogen and oxygen atoms in total. The molecule has 28 heavy (non-hydrogen) atoms. The maximum atomic E-state index is 5.80. The Bertz CT molecular complexity index is 1010. The van der Waals surface area contributed by atoms with Gasteiger partial charge in [0.1, 0.15) is 37.0 Å². The Hall–Kier alpha value is -3.67. The fraction of sp³-hybridized carbons (Fsp3) is 0.136. The maximum Gasteiger partial charge on any atom is 0.218 e. The van der Waals surface area contributed by atoms with E-state index in [2.05, 4.69) is 27.2 Å². The van der Waals surface area contributed by atoms with E-state index in [1.165, 1.54) is 5.56 Å². The molecule has 0 unspecified atom stereocenters. The van der Waals surface area contributed by atoms with Crippen LogP contribution < -0.4 is 4.74 Å². The Labute approximate surface area is 163 Å². The first-order valence-corrected chi connectivity index (χ1v) is 9.07. The first-order chi connectivity index (χ1) is 13.8. The van der Waals surface area contributed by atoms with E-state index in [1.807, 2.05) is 59.3 Å². The Morgan fingerprint density at radius 2 is 1.86 bits per heavy atom. The number of nitrogens with zero attached hydrogens (tertiary/aromatic N) is 4. The van der Waals surface area contributed by atoms with Crippen molar-refractivity contribution in [2.75, 3.05) is 0 Å². The highest BCUT2D eigenvalue weighted by atomic mass is 16.5. The predicted octanol–water partition coefficient (Wildman–Crippen LogP) is 4.26. The quantitative estimate of drug-likeness (QED) is 0.462. The van der Waals surface area contributed by atoms with E-state index in [1.54, 1.807) is 18.9 Å². The van der Waals surface area contributed by atoms with E-state index < -0.39 is 0 Å². The molecule has 0 atom stereocenters. The van der Waals surface area contributed by atoms with Gasteiger partial charge in [-0.15, -0.1) is 0 Å². The molecule has 0 aliphatic heterocycles. The zero-order chi connectivity index (χ0) is 19.0. The fourth-order valence-electron chi connectivity index (χ4n) is 2.70. The van der Waals surface area contributed by atoms with Crippen LogP contribution in [0.2, 0.25) is 0 Å². The number of hydrogen-bond acceptors (Lipinski definition) is 5. The molecule has 0 bridgehead atoms. The summed E-state index contributed by atoms with van der Waals surface area (Å²) in [6.07, 6.45) is 9.60. The Balaban J connectivity index is 1.27. The molecule has 0 radical (unpaired) electrons. The van der Waals surface area contributed by atoms with Crippen molar-refractivity contribution >= 4 is 12.2 Å². The minimum atomic E-state index is 0.362. The molecule has 0 amide bonds. The van der Waals surface area contributed by atoms with E-state index in [4.69, 9.17) is 9.15 Å². The number of aromatic nitrogens is 4. The molecule has 0 saturated carbocycles. The summed E-state index contributed by atoms with van der Waals surface area (Å²) in [5, 5.41) is 4.10. The molecule has 0 spiro atoms. The third-order valence-corrected chi connectivity index (χ3v) is 4.19. The summed E-state index contributed by atoms with van der Waals surface area (Å²) in [6.45, 7) is 1.17. The Morgan fingerprint density at radius 1 is 1.00 bits per heavy atom. The molecule has 2 aromatic heterocycles. The van der Waals surface area contributed by atoms with Gasteiger partial charge in [-0.05, 0) is 35.8 Å². The summed E-state index contributed by atoms with van der Waals surface area (Å²) >= 11 is 0. The lowest BCUT2D eigenvalue weighted by Crippen LogP contribution is -2.01. The summed E-state index contributed by atoms with van der Waals surface area (Å²) < 4.78 is 13.1. The molecule has 4 rings (SSSR count). The van der Waals surface area contributed by atoms with Crippen LogP contribution in [0, 0.1) is 0 Å². The van der Waals surface area contributed by atoms with Gasteiger partial charge >= 0.3 is 0 Å². The van der Waals surface area contributed by atoms with Crippen LogP contribution in [0.1, 0.15) is 22.7 Å². The highest BCUT2D eigenvalue weighted by Gasteiger charge is 2.03. The molecule has 2 aromatic carbocycles. The van der Waals surface area contributed by atoms with E-state index >= 15 is 0 Å². The third kappa shape index (κ3) is 4.94. The molecular weight excluding hydrogens is 352 g/mol. The zero-order valence-corrected chi connectivity index (χ0v) is 15.3. The van der Waals surface area contributed by atoms with Crippen molar-refractivity contribution in [2.24, 2.45) is 0 Å². The molecule has 4 aromatic rings. The van der Waals surface area contributed by atoms with Gasteiger partial charge in [0.25, 0.3) is 0 Å². The maximum absolute atomic E-state index is 5.80. The van der Waals surface area contributed by atoms with Crippen LogP contribution in [0.4, 0.5) is 0 Å². The first-order valence-electron chi connectivity index (χ1n) is 9.07. The monoisotopic (exact) mass is 372 g/mol. The molecule has 2 heterocycles. The van der Waals surface area contributed by atoms with Crippen LogP contribution in [0.25, 0.3) is 12.2 Å². The van der Waals surface area contributed by atoms with Gasteiger partial charge in [0, 0.05) is 12.6 Å². The predicted molar refractivity (Wildman–Crippen MR) is 106 cm³/mol. The van der Waals surface area contributed by atoms with E-state index in [9.17, 15) is 0 Å². The van der Waals surface area contributed by atoms with Gasteiger partial charge in [-0.25, -0.2) is 9.97 Å². The molecule has 0 aliphatic carbocycles. The molecule has 0 aliphatic rings. The Kier molecular flexibility index (Phi) is 5.58. The minimum absolute atomic E-state index is 0.362. The summed E-state index contributed by atoms with van der Waals surface area (Å²) in [7, 11) is 0. The number of hydrogen-bond donors (Lipinski definition) is 0. The van der Waals surface area contributed by atoms with Crippen molar-refractivity contribution < 1.29 is 9.15 Å². The van der Waals surface area contributed by atoms with Crippen molar-refractivity contribution in [1.29, 1.82) is 0 Å². The zero-order valence-electron chi connectivity index (χ0n) is 15.3. The lowest BCUT2D eigenvalue weighted by Gasteiger charge is -2.06. The number of oxazole rings is 1. The van der Waals surface area contributed by atoms with Gasteiger partial charge in [0.15, 0.2) is 0 Å². The fourth-order valence-corrected chi connectivity index (χ4v) is 2.70. The molecule has 0 saturated heterocycles. The van der Waals surface area contributed by atoms with Gasteiger partial charge in [-0.2, -0.15) is 5.10 Å². The normalized spacial score (nSPS) is 11.1. The van der Waals surface area contributed by atoms with Gasteiger partial charge in [0.05, 0.1) is 0 Å². The van der Waals surface area contributed by atoms with E-state index in [0.717, 1.165) is 30.0 Å². The minimum Gasteiger partial charge on any atom is -0.487 e. The molecule has 6 heteroatoms. The van der Waals surface area contributed by atoms with Crippen LogP contribution in [-0.2, 0) is 19.6 Å². The second-order valence-electron chi connectivity index (χ2n) is 6.26. The van der Waals surface area contributed by atoms with Crippen molar-refractivity contribution in [1.82, 2.24) is 19.7 Å². The lowest BCUT2D eigenvalue weighted by atomic mass is 10.1. The number of ether oxygens (including phenoxy) is 1. The van der Waals surface area contributed by atoms with Crippen LogP contribution in [0.3, 0.4) is 0 Å². The SMILES string of the molecule is C(=C\c1nc(COc2ccc(CCn3cncn3)cc2)co1)/c1ccccc1. The first kappa shape index (κ1) is 17.7. The highest BCUT2D eigenvalue weighted by Crippen LogP contribution is 2.15. The summed E-state index contributed by atoms with van der Waals surface area (Å²) in [5.41, 5.74) is 3.07. The van der Waals surface area contributed by atoms with E-state index in [-0.39, 0.29) is 0 Å². The largest absolute Gasteiger partial charge is 0.487 e. The molecule has 140 valence electrons. The number of benzene rings is 2. The molecule has 0 N–H and O–H groups in total. The average molecular weight is 372 g/mol. The standard InChI is InChI=1S/C22H20N4O2/c1-2-4-18(5-3-1)8-11-22-25-20(15-28-22)14-27-21-9-6-19(7-10-21)12-13-26-17-23-16-24-26/h1-11,15-17H,12-14H2/b11-8+. The van der Waals surface area contributed by atoms with Crippen LogP contribution in [0.5, 0.6) is 5.75 Å². The highest BCUT2D eigenvalue weighted by molar-refractivity contribution is 5.65. The molecular formula is C22H20N4O2. The van der Waals surface area contributed by atoms with Crippen LogP contribution in [0.15, 0.2) is 77.9 Å². The van der Waals surface area contributed by atoms with Gasteiger partial charge < -0.3 is 9.15 Å². The second kappa shape index (κ2) is 8.81. The Morgan fingerprint density at radius 3 is 2.64 bits per heavy atom. The number of aryl methyl sites for hydroxylation is 2. The number of rotatable bonds is 8. The van der Waals surface area contributed by atoms with Gasteiger partial charge in [0.2, 0.25) is 5.89 Å². The van der Waals surface area contributed by atoms with Gasteiger partial charge in [-0.1, -0.05) is 42.5 Å². The van der Waals surface area contributed by atoms with Crippen LogP contribution >= 0.6 is 0 Å². The smallest absolute Gasteiger partial charge is 0.218 e. The second-order valence-corrected chi connectivity index (χ2v) is 6.26. The summed E-state index contributed by atoms with van der Waals surface area (Å²) in [4.78, 5) is 8.37. The van der Waals surface area contributed by atoms with Gasteiger partial charge in [-0.3, -0.25) is 4.68 Å². The average Bonchev–Trinajstić information content (AvgIpc) is 3.43. The van der Waals surface area contributed by atoms with E-state index in [0.29, 0.717) is 12.5 Å².